The van der Waals surface area contributed by atoms with Gasteiger partial charge in [0.15, 0.2) is 0 Å². The van der Waals surface area contributed by atoms with Crippen LogP contribution < -0.4 is 16.0 Å². The fraction of sp³-hybridized carbons (Fsp3) is 0.235. The highest BCUT2D eigenvalue weighted by Crippen LogP contribution is 2.24. The molecule has 1 aliphatic heterocycles. The summed E-state index contributed by atoms with van der Waals surface area (Å²) in [6.45, 7) is 2.08. The summed E-state index contributed by atoms with van der Waals surface area (Å²) < 4.78 is 0. The molecule has 1 atom stereocenters. The van der Waals surface area contributed by atoms with Crippen LogP contribution in [0.2, 0.25) is 0 Å². The first-order chi connectivity index (χ1) is 10.3. The number of urea groups is 1. The monoisotopic (exact) mass is 281 g/mol. The van der Waals surface area contributed by atoms with Gasteiger partial charge in [0.2, 0.25) is 0 Å². The molecule has 2 aromatic carbocycles. The Bertz CT molecular complexity index is 606. The maximum atomic E-state index is 12.0. The van der Waals surface area contributed by atoms with Gasteiger partial charge in [0, 0.05) is 17.9 Å². The summed E-state index contributed by atoms with van der Waals surface area (Å²) in [6.07, 6.45) is 1.15. The van der Waals surface area contributed by atoms with E-state index >= 15 is 0 Å². The predicted octanol–water partition coefficient (Wildman–Crippen LogP) is 3.41. The highest BCUT2D eigenvalue weighted by molar-refractivity contribution is 5.99. The lowest BCUT2D eigenvalue weighted by molar-refractivity contribution is 0.262. The molecule has 108 valence electrons. The molecule has 0 bridgehead atoms. The first kappa shape index (κ1) is 13.6. The second kappa shape index (κ2) is 6.41. The van der Waals surface area contributed by atoms with Gasteiger partial charge in [-0.2, -0.15) is 0 Å². The van der Waals surface area contributed by atoms with Crippen molar-refractivity contribution in [2.24, 2.45) is 0 Å². The zero-order valence-electron chi connectivity index (χ0n) is 11.8. The molecule has 1 heterocycles. The molecule has 2 aromatic rings. The lowest BCUT2D eigenvalue weighted by atomic mass is 9.98. The summed E-state index contributed by atoms with van der Waals surface area (Å²) in [6, 6.07) is 17.3. The third-order valence-corrected chi connectivity index (χ3v) is 3.71. The molecule has 3 N–H and O–H groups in total. The zero-order valence-corrected chi connectivity index (χ0v) is 11.8. The van der Waals surface area contributed by atoms with Crippen molar-refractivity contribution in [1.29, 1.82) is 0 Å². The van der Waals surface area contributed by atoms with Crippen molar-refractivity contribution < 1.29 is 4.79 Å². The van der Waals surface area contributed by atoms with E-state index in [1.165, 1.54) is 5.56 Å². The van der Waals surface area contributed by atoms with E-state index in [-0.39, 0.29) is 6.03 Å². The Morgan fingerprint density at radius 3 is 2.52 bits per heavy atom. The number of nitrogens with one attached hydrogen (secondary N) is 3. The number of para-hydroxylation sites is 1. The molecule has 0 aliphatic carbocycles. The Labute approximate surface area is 124 Å². The van der Waals surface area contributed by atoms with Gasteiger partial charge in [-0.25, -0.2) is 4.79 Å². The van der Waals surface area contributed by atoms with Gasteiger partial charge in [-0.15, -0.1) is 0 Å². The van der Waals surface area contributed by atoms with E-state index < -0.39 is 0 Å². The molecule has 0 aromatic heterocycles. The minimum Gasteiger partial charge on any atom is -0.316 e. The van der Waals surface area contributed by atoms with E-state index in [2.05, 4.69) is 28.1 Å². The smallest absolute Gasteiger partial charge is 0.316 e. The number of benzene rings is 2. The highest BCUT2D eigenvalue weighted by atomic mass is 16.2. The van der Waals surface area contributed by atoms with Gasteiger partial charge >= 0.3 is 6.03 Å². The molecule has 0 saturated carbocycles. The molecular weight excluding hydrogens is 262 g/mol. The van der Waals surface area contributed by atoms with Gasteiger partial charge in [-0.1, -0.05) is 30.3 Å². The largest absolute Gasteiger partial charge is 0.323 e. The van der Waals surface area contributed by atoms with Crippen LogP contribution in [0.5, 0.6) is 0 Å². The van der Waals surface area contributed by atoms with Crippen molar-refractivity contribution in [1.82, 2.24) is 5.32 Å². The van der Waals surface area contributed by atoms with E-state index in [1.54, 1.807) is 0 Å². The Kier molecular flexibility index (Phi) is 4.17. The van der Waals surface area contributed by atoms with E-state index in [0.717, 1.165) is 30.9 Å². The number of hydrogen-bond donors (Lipinski definition) is 3. The number of anilines is 2. The first-order valence-electron chi connectivity index (χ1n) is 7.25. The number of rotatable bonds is 3. The highest BCUT2D eigenvalue weighted by Gasteiger charge is 2.16. The lowest BCUT2D eigenvalue weighted by Crippen LogP contribution is -2.19. The summed E-state index contributed by atoms with van der Waals surface area (Å²) >= 11 is 0. The van der Waals surface area contributed by atoms with Crippen molar-refractivity contribution in [3.8, 4) is 0 Å². The molecule has 1 saturated heterocycles. The van der Waals surface area contributed by atoms with Crippen LogP contribution >= 0.6 is 0 Å². The quantitative estimate of drug-likeness (QED) is 0.807. The first-order valence-corrected chi connectivity index (χ1v) is 7.25. The Morgan fingerprint density at radius 1 is 1.00 bits per heavy atom. The summed E-state index contributed by atoms with van der Waals surface area (Å²) in [5.74, 6) is 0.545. The second-order valence-electron chi connectivity index (χ2n) is 5.26. The average Bonchev–Trinajstić information content (AvgIpc) is 3.02. The topological polar surface area (TPSA) is 53.2 Å². The molecule has 21 heavy (non-hydrogen) atoms. The fourth-order valence-corrected chi connectivity index (χ4v) is 2.62. The molecule has 2 amide bonds. The number of carbonyl (C=O) groups excluding carboxylic acids is 1. The van der Waals surface area contributed by atoms with Crippen LogP contribution in [0.25, 0.3) is 0 Å². The summed E-state index contributed by atoms with van der Waals surface area (Å²) in [4.78, 5) is 12.0. The maximum Gasteiger partial charge on any atom is 0.323 e. The summed E-state index contributed by atoms with van der Waals surface area (Å²) in [5, 5.41) is 9.06. The van der Waals surface area contributed by atoms with Gasteiger partial charge in [0.1, 0.15) is 0 Å². The van der Waals surface area contributed by atoms with Gasteiger partial charge in [-0.3, -0.25) is 0 Å². The van der Waals surface area contributed by atoms with Gasteiger partial charge in [0.05, 0.1) is 0 Å². The lowest BCUT2D eigenvalue weighted by Gasteiger charge is -2.12. The van der Waals surface area contributed by atoms with E-state index in [0.29, 0.717) is 5.92 Å². The molecule has 1 unspecified atom stereocenters. The Hall–Kier alpha value is -2.33. The van der Waals surface area contributed by atoms with Crippen molar-refractivity contribution in [2.45, 2.75) is 12.3 Å². The molecule has 0 radical (unpaired) electrons. The molecule has 4 heteroatoms. The normalized spacial score (nSPS) is 17.4. The number of amides is 2. The summed E-state index contributed by atoms with van der Waals surface area (Å²) in [7, 11) is 0. The van der Waals surface area contributed by atoms with Crippen LogP contribution in [0, 0.1) is 0 Å². The third kappa shape index (κ3) is 3.61. The van der Waals surface area contributed by atoms with Crippen LogP contribution in [0.4, 0.5) is 16.2 Å². The van der Waals surface area contributed by atoms with Crippen molar-refractivity contribution in [2.75, 3.05) is 23.7 Å². The Balaban J connectivity index is 1.64. The van der Waals surface area contributed by atoms with Gasteiger partial charge in [-0.05, 0) is 48.7 Å². The van der Waals surface area contributed by atoms with Crippen LogP contribution in [0.3, 0.4) is 0 Å². The average molecular weight is 281 g/mol. The Morgan fingerprint density at radius 2 is 1.76 bits per heavy atom. The van der Waals surface area contributed by atoms with E-state index in [4.69, 9.17) is 0 Å². The van der Waals surface area contributed by atoms with Crippen LogP contribution in [-0.2, 0) is 0 Å². The third-order valence-electron chi connectivity index (χ3n) is 3.71. The van der Waals surface area contributed by atoms with Gasteiger partial charge in [0.25, 0.3) is 0 Å². The number of hydrogen-bond acceptors (Lipinski definition) is 2. The van der Waals surface area contributed by atoms with E-state index in [9.17, 15) is 4.79 Å². The zero-order chi connectivity index (χ0) is 14.5. The summed E-state index contributed by atoms with van der Waals surface area (Å²) in [5.41, 5.74) is 2.89. The van der Waals surface area contributed by atoms with E-state index in [1.807, 2.05) is 42.5 Å². The van der Waals surface area contributed by atoms with Crippen molar-refractivity contribution >= 4 is 17.4 Å². The molecular formula is C17H19N3O. The second-order valence-corrected chi connectivity index (χ2v) is 5.26. The minimum absolute atomic E-state index is 0.220. The molecule has 0 spiro atoms. The van der Waals surface area contributed by atoms with Crippen molar-refractivity contribution in [3.05, 3.63) is 60.2 Å². The standard InChI is InChI=1S/C17H19N3O/c21-17(19-15-6-2-1-3-7-15)20-16-8-4-5-13(11-16)14-9-10-18-12-14/h1-8,11,14,18H,9-10,12H2,(H2,19,20,21). The molecule has 3 rings (SSSR count). The van der Waals surface area contributed by atoms with Gasteiger partial charge < -0.3 is 16.0 Å². The minimum atomic E-state index is -0.220. The fourth-order valence-electron chi connectivity index (χ4n) is 2.62. The van der Waals surface area contributed by atoms with Crippen LogP contribution in [0.15, 0.2) is 54.6 Å². The number of carbonyl (C=O) groups is 1. The molecule has 1 aliphatic rings. The maximum absolute atomic E-state index is 12.0. The van der Waals surface area contributed by atoms with Crippen LogP contribution in [0.1, 0.15) is 17.9 Å². The van der Waals surface area contributed by atoms with Crippen LogP contribution in [-0.4, -0.2) is 19.1 Å². The predicted molar refractivity (Wildman–Crippen MR) is 85.8 cm³/mol. The molecule has 4 nitrogen and oxygen atoms in total. The molecule has 1 fully saturated rings. The van der Waals surface area contributed by atoms with Crippen molar-refractivity contribution in [3.63, 3.8) is 0 Å². The SMILES string of the molecule is O=C(Nc1ccccc1)Nc1cccc(C2CCNC2)c1.